The van der Waals surface area contributed by atoms with Gasteiger partial charge in [0.1, 0.15) is 0 Å². The minimum absolute atomic E-state index is 0.0426. The molecule has 0 fully saturated rings. The smallest absolute Gasteiger partial charge is 0.269 e. The number of non-ortho nitro benzene ring substituents is 1. The minimum Gasteiger partial charge on any atom is -0.355 e. The van der Waals surface area contributed by atoms with Gasteiger partial charge < -0.3 is 23.9 Å². The van der Waals surface area contributed by atoms with Crippen LogP contribution in [0.25, 0.3) is 65.4 Å². The van der Waals surface area contributed by atoms with E-state index in [1.807, 2.05) is 52.0 Å². The Morgan fingerprint density at radius 2 is 0.889 bits per heavy atom. The van der Waals surface area contributed by atoms with E-state index in [0.717, 1.165) is 65.5 Å². The molecule has 10 rings (SSSR count). The summed E-state index contributed by atoms with van der Waals surface area (Å²) in [6.45, 7) is 11.8. The lowest BCUT2D eigenvalue weighted by Crippen LogP contribution is -2.15. The van der Waals surface area contributed by atoms with Gasteiger partial charge in [-0.2, -0.15) is 0 Å². The molecule has 1 N–H and O–H groups in total. The van der Waals surface area contributed by atoms with Crippen LogP contribution in [0, 0.1) is 22.0 Å². The number of aryl methyl sites for hydroxylation is 2. The van der Waals surface area contributed by atoms with Gasteiger partial charge in [-0.3, -0.25) is 24.1 Å². The van der Waals surface area contributed by atoms with Gasteiger partial charge in [-0.25, -0.2) is 0 Å². The second-order valence-corrected chi connectivity index (χ2v) is 19.0. The Labute approximate surface area is 424 Å². The molecule has 0 saturated heterocycles. The highest BCUT2D eigenvalue weighted by Crippen LogP contribution is 2.33. The fraction of sp³-hybridized carbons (Fsp3) is 0.279. The van der Waals surface area contributed by atoms with E-state index in [2.05, 4.69) is 161 Å². The molecule has 7 aromatic carbocycles. The highest BCUT2D eigenvalue weighted by atomic mass is 19.1. The molecule has 0 aliphatic heterocycles. The number of alkyl halides is 1. The zero-order valence-corrected chi connectivity index (χ0v) is 42.9. The standard InChI is InChI=1S/C25H32N2O2.C17H20N2.C12H9N.C6H5NO2.CH3F/c1-16(2)24(28)18-8-10-22-20(14-18)21-15-19(25(29)17(3)4)9-11-23(21)27(22)13-7-12-26(5)6;1-18(2)12-7-13-19-16-10-5-3-8-14(16)15-9-4-6-11-17(15)19;1-3-7-11-9(5-1)10-6-2-4-8-12(10)13-11;8-7(9)6-4-2-1-3-5-6;1-2/h8-11,14-17H,7,12-13H2,1-6H3;3-6,8-11H,7,12-13H2,1-2H3;1-8,13H;1-5H;1H3/i;;;;1D. The van der Waals surface area contributed by atoms with Crippen molar-refractivity contribution in [3.8, 4) is 0 Å². The number of Topliss-reactive ketones (excluding diaryl/α,β-unsaturated/α-hetero) is 2. The van der Waals surface area contributed by atoms with E-state index in [4.69, 9.17) is 1.37 Å². The van der Waals surface area contributed by atoms with E-state index in [-0.39, 0.29) is 29.1 Å². The zero-order valence-electron chi connectivity index (χ0n) is 43.9. The van der Waals surface area contributed by atoms with Crippen LogP contribution in [0.3, 0.4) is 0 Å². The Bertz CT molecular complexity index is 3230. The average molecular weight is 970 g/mol. The van der Waals surface area contributed by atoms with Crippen molar-refractivity contribution < 1.29 is 20.3 Å². The van der Waals surface area contributed by atoms with Crippen molar-refractivity contribution in [3.63, 3.8) is 0 Å². The van der Waals surface area contributed by atoms with E-state index in [1.165, 1.54) is 62.2 Å². The maximum atomic E-state index is 12.6. The number of halogens is 1. The molecule has 11 heteroatoms. The molecular formula is C61H69FN6O4. The van der Waals surface area contributed by atoms with Gasteiger partial charge in [0, 0.05) is 114 Å². The quantitative estimate of drug-likeness (QED) is 0.0700. The predicted molar refractivity (Wildman–Crippen MR) is 300 cm³/mol. The molecular weight excluding hydrogens is 900 g/mol. The molecule has 0 spiro atoms. The zero-order chi connectivity index (χ0) is 52.6. The van der Waals surface area contributed by atoms with Gasteiger partial charge in [0.25, 0.3) is 5.69 Å². The molecule has 0 saturated carbocycles. The Balaban J connectivity index is 0.000000169. The van der Waals surface area contributed by atoms with Crippen LogP contribution < -0.4 is 0 Å². The lowest BCUT2D eigenvalue weighted by Gasteiger charge is -2.12. The monoisotopic (exact) mass is 970 g/mol. The molecule has 0 bridgehead atoms. The highest BCUT2D eigenvalue weighted by Gasteiger charge is 2.18. The summed E-state index contributed by atoms with van der Waals surface area (Å²) in [6, 6.07) is 54.1. The van der Waals surface area contributed by atoms with Crippen LogP contribution in [0.15, 0.2) is 164 Å². The number of nitrogens with one attached hydrogen (secondary N) is 1. The van der Waals surface area contributed by atoms with Crippen molar-refractivity contribution in [1.82, 2.24) is 23.9 Å². The SMILES string of the molecule is CC(C)C(=O)c1ccc2c(c1)c1cc(C(=O)C(C)C)ccc1n2CCCN(C)C.CN(C)CCCn1c2ccccc2c2ccccc21.O=[N+]([O-])c1ccccc1.[2H]CF.c1ccc2c(c1)[nH]c1ccccc12. The fourth-order valence-corrected chi connectivity index (χ4v) is 9.00. The summed E-state index contributed by atoms with van der Waals surface area (Å²) < 4.78 is 20.3. The Morgan fingerprint density at radius 3 is 1.25 bits per heavy atom. The topological polar surface area (TPSA) is 109 Å². The van der Waals surface area contributed by atoms with Crippen LogP contribution in [0.1, 0.15) is 62.6 Å². The van der Waals surface area contributed by atoms with Gasteiger partial charge in [0.05, 0.1) is 13.4 Å². The molecule has 0 aliphatic rings. The number of para-hydroxylation sites is 5. The maximum Gasteiger partial charge on any atom is 0.269 e. The first-order valence-corrected chi connectivity index (χ1v) is 24.5. The van der Waals surface area contributed by atoms with Gasteiger partial charge in [-0.1, -0.05) is 119 Å². The Hall–Kier alpha value is -7.47. The number of rotatable bonds is 13. The van der Waals surface area contributed by atoms with Crippen LogP contribution in [-0.4, -0.2) is 88.8 Å². The van der Waals surface area contributed by atoms with Crippen LogP contribution in [0.4, 0.5) is 10.1 Å². The largest absolute Gasteiger partial charge is 0.355 e. The molecule has 72 heavy (non-hydrogen) atoms. The summed E-state index contributed by atoms with van der Waals surface area (Å²) in [5.74, 6) is 0.211. The summed E-state index contributed by atoms with van der Waals surface area (Å²) in [7, 11) is 7.43. The average Bonchev–Trinajstić information content (AvgIpc) is 4.04. The molecule has 0 unspecified atom stereocenters. The van der Waals surface area contributed by atoms with Crippen molar-refractivity contribution in [2.45, 2.75) is 53.6 Å². The van der Waals surface area contributed by atoms with Gasteiger partial charge in [-0.15, -0.1) is 0 Å². The second-order valence-electron chi connectivity index (χ2n) is 19.0. The lowest BCUT2D eigenvalue weighted by molar-refractivity contribution is -0.384. The van der Waals surface area contributed by atoms with Gasteiger partial charge in [0.2, 0.25) is 0 Å². The highest BCUT2D eigenvalue weighted by molar-refractivity contribution is 6.13. The van der Waals surface area contributed by atoms with E-state index in [0.29, 0.717) is 0 Å². The van der Waals surface area contributed by atoms with Crippen molar-refractivity contribution in [2.75, 3.05) is 48.4 Å². The second kappa shape index (κ2) is 25.6. The van der Waals surface area contributed by atoms with Crippen molar-refractivity contribution in [2.24, 2.45) is 11.8 Å². The number of nitro benzene ring substituents is 1. The molecule has 0 radical (unpaired) electrons. The first-order valence-electron chi connectivity index (χ1n) is 25.3. The predicted octanol–water partition coefficient (Wildman–Crippen LogP) is 14.7. The number of H-pyrrole nitrogens is 1. The van der Waals surface area contributed by atoms with Gasteiger partial charge >= 0.3 is 0 Å². The number of nitro groups is 1. The molecule has 0 aliphatic carbocycles. The number of hydrogen-bond acceptors (Lipinski definition) is 6. The number of aromatic amines is 1. The third-order valence-corrected chi connectivity index (χ3v) is 12.5. The number of hydrogen-bond donors (Lipinski definition) is 1. The van der Waals surface area contributed by atoms with E-state index >= 15 is 0 Å². The molecule has 10 aromatic rings. The van der Waals surface area contributed by atoms with Crippen LogP contribution in [-0.2, 0) is 13.1 Å². The minimum atomic E-state index is -1.00. The summed E-state index contributed by atoms with van der Waals surface area (Å²) in [5, 5.41) is 17.4. The van der Waals surface area contributed by atoms with Crippen molar-refractivity contribution in [3.05, 3.63) is 185 Å². The summed E-state index contributed by atoms with van der Waals surface area (Å²) in [6.07, 6.45) is 2.21. The molecule has 0 amide bonds. The normalized spacial score (nSPS) is 11.3. The summed E-state index contributed by atoms with van der Waals surface area (Å²) in [5.41, 5.74) is 8.97. The van der Waals surface area contributed by atoms with E-state index < -0.39 is 12.1 Å². The number of ketones is 2. The van der Waals surface area contributed by atoms with Crippen molar-refractivity contribution >= 4 is 82.7 Å². The molecule has 3 aromatic heterocycles. The van der Waals surface area contributed by atoms with E-state index in [9.17, 15) is 24.1 Å². The van der Waals surface area contributed by atoms with Crippen LogP contribution >= 0.6 is 0 Å². The first-order chi connectivity index (χ1) is 35.1. The third-order valence-electron chi connectivity index (χ3n) is 12.5. The number of carbonyl (C=O) groups is 2. The fourth-order valence-electron chi connectivity index (χ4n) is 9.00. The number of aromatic nitrogens is 3. The molecule has 374 valence electrons. The maximum absolute atomic E-state index is 12.6. The number of nitrogens with zero attached hydrogens (tertiary/aromatic N) is 5. The first kappa shape index (κ1) is 52.4. The van der Waals surface area contributed by atoms with Gasteiger partial charge in [-0.05, 0) is 115 Å². The lowest BCUT2D eigenvalue weighted by atomic mass is 9.97. The Morgan fingerprint density at radius 1 is 0.542 bits per heavy atom. The van der Waals surface area contributed by atoms with Crippen LogP contribution in [0.5, 0.6) is 0 Å². The van der Waals surface area contributed by atoms with Gasteiger partial charge in [0.15, 0.2) is 11.6 Å². The number of carbonyl (C=O) groups excluding carboxylic acids is 2. The molecule has 0 atom stereocenters. The van der Waals surface area contributed by atoms with E-state index in [1.54, 1.807) is 18.2 Å². The van der Waals surface area contributed by atoms with Crippen LogP contribution in [0.2, 0.25) is 0 Å². The number of benzene rings is 7. The Kier molecular flexibility index (Phi) is 18.6. The summed E-state index contributed by atoms with van der Waals surface area (Å²) in [4.78, 5) is 42.6. The third kappa shape index (κ3) is 13.1. The number of fused-ring (bicyclic) bond motifs is 9. The van der Waals surface area contributed by atoms with Crippen molar-refractivity contribution in [1.29, 1.82) is 0 Å². The molecule has 3 heterocycles. The molecule has 10 nitrogen and oxygen atoms in total. The summed E-state index contributed by atoms with van der Waals surface area (Å²) >= 11 is 0.